The van der Waals surface area contributed by atoms with Crippen LogP contribution >= 0.6 is 0 Å². The molecule has 148 valence electrons. The van der Waals surface area contributed by atoms with Gasteiger partial charge in [0.1, 0.15) is 5.82 Å². The molecule has 7 heteroatoms. The molecule has 1 saturated heterocycles. The predicted molar refractivity (Wildman–Crippen MR) is 104 cm³/mol. The molecule has 3 heterocycles. The van der Waals surface area contributed by atoms with Gasteiger partial charge in [-0.05, 0) is 55.7 Å². The third-order valence-electron chi connectivity index (χ3n) is 5.27. The number of likely N-dealkylation sites (tertiary alicyclic amines) is 1. The molecule has 0 aliphatic carbocycles. The van der Waals surface area contributed by atoms with Crippen LogP contribution in [0.1, 0.15) is 40.6 Å². The van der Waals surface area contributed by atoms with E-state index in [-0.39, 0.29) is 17.4 Å². The summed E-state index contributed by atoms with van der Waals surface area (Å²) in [6, 6.07) is 7.12. The fourth-order valence-corrected chi connectivity index (χ4v) is 3.72. The molecule has 4 rings (SSSR count). The number of halogens is 2. The van der Waals surface area contributed by atoms with Crippen LogP contribution in [-0.2, 0) is 0 Å². The van der Waals surface area contributed by atoms with E-state index in [4.69, 9.17) is 4.98 Å². The standard InChI is InChI=1S/C22H20F2N4O/c1-14-26-13-18(15-4-8-25-9-5-15)21(27-14)16-6-10-28(11-7-16)22(29)17-2-3-19(23)20(24)12-17/h2-5,8-9,12-13,16H,6-7,10-11H2,1H3. The molecule has 1 aliphatic heterocycles. The van der Waals surface area contributed by atoms with E-state index in [9.17, 15) is 13.6 Å². The number of aromatic nitrogens is 3. The maximum Gasteiger partial charge on any atom is 0.253 e. The van der Waals surface area contributed by atoms with Gasteiger partial charge in [0.25, 0.3) is 5.91 Å². The summed E-state index contributed by atoms with van der Waals surface area (Å²) < 4.78 is 26.6. The van der Waals surface area contributed by atoms with Crippen LogP contribution in [0.15, 0.2) is 48.9 Å². The van der Waals surface area contributed by atoms with Crippen molar-refractivity contribution in [3.8, 4) is 11.1 Å². The van der Waals surface area contributed by atoms with Crippen molar-refractivity contribution in [2.24, 2.45) is 0 Å². The number of aryl methyl sites for hydroxylation is 1. The third-order valence-corrected chi connectivity index (χ3v) is 5.27. The average molecular weight is 394 g/mol. The lowest BCUT2D eigenvalue weighted by molar-refractivity contribution is 0.0711. The summed E-state index contributed by atoms with van der Waals surface area (Å²) in [4.78, 5) is 27.4. The van der Waals surface area contributed by atoms with Crippen LogP contribution in [0, 0.1) is 18.6 Å². The van der Waals surface area contributed by atoms with Crippen LogP contribution < -0.4 is 0 Å². The molecular weight excluding hydrogens is 374 g/mol. The zero-order valence-corrected chi connectivity index (χ0v) is 16.0. The van der Waals surface area contributed by atoms with Gasteiger partial charge in [-0.2, -0.15) is 0 Å². The van der Waals surface area contributed by atoms with E-state index in [0.29, 0.717) is 18.9 Å². The van der Waals surface area contributed by atoms with Gasteiger partial charge in [0.05, 0.1) is 5.69 Å². The molecule has 0 saturated carbocycles. The summed E-state index contributed by atoms with van der Waals surface area (Å²) in [6.45, 7) is 2.92. The van der Waals surface area contributed by atoms with E-state index in [1.807, 2.05) is 25.3 Å². The van der Waals surface area contributed by atoms with Crippen LogP contribution in [-0.4, -0.2) is 38.8 Å². The first-order chi connectivity index (χ1) is 14.0. The number of piperidine rings is 1. The zero-order valence-electron chi connectivity index (χ0n) is 16.0. The molecule has 5 nitrogen and oxygen atoms in total. The van der Waals surface area contributed by atoms with Gasteiger partial charge in [0, 0.05) is 48.7 Å². The van der Waals surface area contributed by atoms with Crippen molar-refractivity contribution >= 4 is 5.91 Å². The Kier molecular flexibility index (Phi) is 5.29. The van der Waals surface area contributed by atoms with Gasteiger partial charge in [-0.25, -0.2) is 18.7 Å². The Morgan fingerprint density at radius 2 is 1.79 bits per heavy atom. The van der Waals surface area contributed by atoms with Crippen LogP contribution in [0.3, 0.4) is 0 Å². The Morgan fingerprint density at radius 3 is 2.48 bits per heavy atom. The quantitative estimate of drug-likeness (QED) is 0.670. The smallest absolute Gasteiger partial charge is 0.253 e. The highest BCUT2D eigenvalue weighted by Gasteiger charge is 2.27. The van der Waals surface area contributed by atoms with Crippen molar-refractivity contribution in [3.05, 3.63) is 77.6 Å². The summed E-state index contributed by atoms with van der Waals surface area (Å²) >= 11 is 0. The predicted octanol–water partition coefficient (Wildman–Crippen LogP) is 4.15. The molecule has 0 radical (unpaired) electrons. The van der Waals surface area contributed by atoms with Crippen molar-refractivity contribution < 1.29 is 13.6 Å². The van der Waals surface area contributed by atoms with Gasteiger partial charge in [-0.1, -0.05) is 0 Å². The lowest BCUT2D eigenvalue weighted by atomic mass is 9.89. The lowest BCUT2D eigenvalue weighted by Crippen LogP contribution is -2.38. The Hall–Kier alpha value is -3.22. The van der Waals surface area contributed by atoms with Gasteiger partial charge >= 0.3 is 0 Å². The molecule has 0 N–H and O–H groups in total. The third kappa shape index (κ3) is 3.99. The van der Waals surface area contributed by atoms with Crippen molar-refractivity contribution in [2.45, 2.75) is 25.7 Å². The number of nitrogens with zero attached hydrogens (tertiary/aromatic N) is 4. The minimum Gasteiger partial charge on any atom is -0.339 e. The molecule has 29 heavy (non-hydrogen) atoms. The molecule has 1 amide bonds. The zero-order chi connectivity index (χ0) is 20.4. The molecule has 3 aromatic rings. The first-order valence-corrected chi connectivity index (χ1v) is 9.51. The molecule has 0 unspecified atom stereocenters. The number of pyridine rings is 1. The highest BCUT2D eigenvalue weighted by Crippen LogP contribution is 2.34. The Balaban J connectivity index is 1.52. The van der Waals surface area contributed by atoms with Crippen molar-refractivity contribution in [2.75, 3.05) is 13.1 Å². The van der Waals surface area contributed by atoms with Crippen LogP contribution in [0.2, 0.25) is 0 Å². The van der Waals surface area contributed by atoms with E-state index in [0.717, 1.165) is 41.8 Å². The van der Waals surface area contributed by atoms with Gasteiger partial charge in [-0.3, -0.25) is 9.78 Å². The molecule has 1 aromatic carbocycles. The van der Waals surface area contributed by atoms with Crippen molar-refractivity contribution in [1.29, 1.82) is 0 Å². The molecular formula is C22H20F2N4O. The highest BCUT2D eigenvalue weighted by atomic mass is 19.2. The van der Waals surface area contributed by atoms with E-state index >= 15 is 0 Å². The monoisotopic (exact) mass is 394 g/mol. The van der Waals surface area contributed by atoms with Crippen LogP contribution in [0.5, 0.6) is 0 Å². The molecule has 0 spiro atoms. The Labute approximate surface area is 167 Å². The fourth-order valence-electron chi connectivity index (χ4n) is 3.72. The Morgan fingerprint density at radius 1 is 1.07 bits per heavy atom. The number of hydrogen-bond donors (Lipinski definition) is 0. The van der Waals surface area contributed by atoms with Gasteiger partial charge in [0.15, 0.2) is 11.6 Å². The van der Waals surface area contributed by atoms with Crippen LogP contribution in [0.4, 0.5) is 8.78 Å². The largest absolute Gasteiger partial charge is 0.339 e. The molecule has 0 bridgehead atoms. The molecule has 0 atom stereocenters. The lowest BCUT2D eigenvalue weighted by Gasteiger charge is -2.32. The normalized spacial score (nSPS) is 14.8. The first kappa shape index (κ1) is 19.1. The number of rotatable bonds is 3. The summed E-state index contributed by atoms with van der Waals surface area (Å²) in [7, 11) is 0. The molecule has 1 aliphatic rings. The number of hydrogen-bond acceptors (Lipinski definition) is 4. The number of carbonyl (C=O) groups excluding carboxylic acids is 1. The minimum atomic E-state index is -1.01. The second kappa shape index (κ2) is 8.03. The molecule has 2 aromatic heterocycles. The highest BCUT2D eigenvalue weighted by molar-refractivity contribution is 5.94. The number of amides is 1. The van der Waals surface area contributed by atoms with E-state index in [1.54, 1.807) is 17.3 Å². The number of benzene rings is 1. The van der Waals surface area contributed by atoms with E-state index < -0.39 is 11.6 Å². The number of carbonyl (C=O) groups is 1. The minimum absolute atomic E-state index is 0.165. The summed E-state index contributed by atoms with van der Waals surface area (Å²) in [5, 5.41) is 0. The van der Waals surface area contributed by atoms with Gasteiger partial charge in [0.2, 0.25) is 0 Å². The van der Waals surface area contributed by atoms with Gasteiger partial charge in [-0.15, -0.1) is 0 Å². The summed E-state index contributed by atoms with van der Waals surface area (Å²) in [5.41, 5.74) is 3.13. The van der Waals surface area contributed by atoms with Gasteiger partial charge < -0.3 is 4.90 Å². The first-order valence-electron chi connectivity index (χ1n) is 9.51. The summed E-state index contributed by atoms with van der Waals surface area (Å²) in [5.74, 6) is -1.35. The molecule has 1 fully saturated rings. The summed E-state index contributed by atoms with van der Waals surface area (Å²) in [6.07, 6.45) is 6.80. The topological polar surface area (TPSA) is 59.0 Å². The van der Waals surface area contributed by atoms with E-state index in [2.05, 4.69) is 9.97 Å². The second-order valence-corrected chi connectivity index (χ2v) is 7.15. The Bertz CT molecular complexity index is 1030. The fraction of sp³-hybridized carbons (Fsp3) is 0.273. The second-order valence-electron chi connectivity index (χ2n) is 7.15. The van der Waals surface area contributed by atoms with Crippen molar-refractivity contribution in [3.63, 3.8) is 0 Å². The maximum atomic E-state index is 13.5. The van der Waals surface area contributed by atoms with Crippen molar-refractivity contribution in [1.82, 2.24) is 19.9 Å². The maximum absolute atomic E-state index is 13.5. The van der Waals surface area contributed by atoms with Crippen LogP contribution in [0.25, 0.3) is 11.1 Å². The SMILES string of the molecule is Cc1ncc(-c2ccncc2)c(C2CCN(C(=O)c3ccc(F)c(F)c3)CC2)n1. The average Bonchev–Trinajstić information content (AvgIpc) is 2.76. The van der Waals surface area contributed by atoms with E-state index in [1.165, 1.54) is 6.07 Å².